The van der Waals surface area contributed by atoms with Gasteiger partial charge < -0.3 is 5.32 Å². The lowest BCUT2D eigenvalue weighted by molar-refractivity contribution is 0.533. The molecule has 0 saturated heterocycles. The number of hydrogen-bond donors (Lipinski definition) is 1. The molecule has 0 radical (unpaired) electrons. The van der Waals surface area contributed by atoms with Gasteiger partial charge in [0.1, 0.15) is 0 Å². The number of rotatable bonds is 6. The molecule has 1 nitrogen and oxygen atoms in total. The monoisotopic (exact) mass is 237 g/mol. The second kappa shape index (κ2) is 5.33. The molecule has 0 amide bonds. The highest BCUT2D eigenvalue weighted by Crippen LogP contribution is 2.49. The zero-order valence-electron chi connectivity index (χ0n) is 10.6. The van der Waals surface area contributed by atoms with E-state index in [1.54, 1.807) is 4.88 Å². The Morgan fingerprint density at radius 2 is 2.25 bits per heavy atom. The highest BCUT2D eigenvalue weighted by atomic mass is 32.1. The zero-order chi connectivity index (χ0) is 11.5. The maximum atomic E-state index is 3.57. The summed E-state index contributed by atoms with van der Waals surface area (Å²) in [5, 5.41) is 3.57. The molecule has 90 valence electrons. The molecule has 0 spiro atoms. The van der Waals surface area contributed by atoms with Crippen molar-refractivity contribution in [2.45, 2.75) is 39.5 Å². The van der Waals surface area contributed by atoms with E-state index in [1.165, 1.54) is 24.3 Å². The minimum atomic E-state index is 0.769. The van der Waals surface area contributed by atoms with Crippen LogP contribution in [0.4, 0.5) is 0 Å². The fourth-order valence-corrected chi connectivity index (χ4v) is 3.32. The topological polar surface area (TPSA) is 12.0 Å². The lowest BCUT2D eigenvalue weighted by atomic mass is 10.2. The maximum Gasteiger partial charge on any atom is 0.00825 e. The molecule has 1 N–H and O–H groups in total. The molecule has 0 aromatic carbocycles. The number of thiophene rings is 1. The first-order chi connectivity index (χ1) is 7.70. The van der Waals surface area contributed by atoms with E-state index in [-0.39, 0.29) is 0 Å². The van der Waals surface area contributed by atoms with Crippen molar-refractivity contribution < 1.29 is 0 Å². The molecule has 2 heteroatoms. The van der Waals surface area contributed by atoms with Crippen molar-refractivity contribution >= 4 is 11.3 Å². The lowest BCUT2D eigenvalue weighted by Crippen LogP contribution is -2.22. The fraction of sp³-hybridized carbons (Fsp3) is 0.714. The lowest BCUT2D eigenvalue weighted by Gasteiger charge is -2.06. The Morgan fingerprint density at radius 1 is 1.44 bits per heavy atom. The van der Waals surface area contributed by atoms with E-state index in [0.29, 0.717) is 0 Å². The molecule has 2 rings (SSSR count). The van der Waals surface area contributed by atoms with Crippen LogP contribution in [0.2, 0.25) is 0 Å². The molecule has 2 atom stereocenters. The Hall–Kier alpha value is -0.340. The first kappa shape index (κ1) is 12.1. The third kappa shape index (κ3) is 3.08. The average molecular weight is 237 g/mol. The number of nitrogens with one attached hydrogen (secondary N) is 1. The molecule has 1 aliphatic rings. The zero-order valence-corrected chi connectivity index (χ0v) is 11.4. The average Bonchev–Trinajstić information content (AvgIpc) is 2.86. The number of aryl methyl sites for hydroxylation is 1. The molecule has 1 saturated carbocycles. The summed E-state index contributed by atoms with van der Waals surface area (Å²) < 4.78 is 0. The minimum Gasteiger partial charge on any atom is -0.316 e. The van der Waals surface area contributed by atoms with E-state index in [2.05, 4.69) is 38.2 Å². The van der Waals surface area contributed by atoms with Gasteiger partial charge >= 0.3 is 0 Å². The summed E-state index contributed by atoms with van der Waals surface area (Å²) in [7, 11) is 0. The summed E-state index contributed by atoms with van der Waals surface area (Å²) in [6.07, 6.45) is 2.59. The van der Waals surface area contributed by atoms with E-state index in [0.717, 1.165) is 24.3 Å². The Kier molecular flexibility index (Phi) is 4.04. The highest BCUT2D eigenvalue weighted by Gasteiger charge is 2.38. The van der Waals surface area contributed by atoms with Gasteiger partial charge in [0.05, 0.1) is 0 Å². The van der Waals surface area contributed by atoms with Crippen LogP contribution < -0.4 is 5.32 Å². The van der Waals surface area contributed by atoms with Crippen LogP contribution in [0, 0.1) is 11.8 Å². The van der Waals surface area contributed by atoms with Gasteiger partial charge in [-0.2, -0.15) is 0 Å². The van der Waals surface area contributed by atoms with Crippen LogP contribution in [0.15, 0.2) is 12.1 Å². The maximum absolute atomic E-state index is 3.57. The Labute approximate surface area is 103 Å². The van der Waals surface area contributed by atoms with Gasteiger partial charge in [0.15, 0.2) is 0 Å². The molecule has 2 unspecified atom stereocenters. The molecule has 1 aromatic rings. The normalized spacial score (nSPS) is 24.0. The minimum absolute atomic E-state index is 0.769. The molecule has 0 bridgehead atoms. The van der Waals surface area contributed by atoms with E-state index in [9.17, 15) is 0 Å². The van der Waals surface area contributed by atoms with Gasteiger partial charge in [0.2, 0.25) is 0 Å². The summed E-state index contributed by atoms with van der Waals surface area (Å²) in [4.78, 5) is 3.16. The van der Waals surface area contributed by atoms with Crippen LogP contribution in [0.5, 0.6) is 0 Å². The predicted molar refractivity (Wildman–Crippen MR) is 72.3 cm³/mol. The molecular formula is C14H23NS. The largest absolute Gasteiger partial charge is 0.316 e. The summed E-state index contributed by atoms with van der Waals surface area (Å²) in [6, 6.07) is 4.65. The van der Waals surface area contributed by atoms with Crippen LogP contribution in [0.25, 0.3) is 0 Å². The Bertz CT molecular complexity index is 329. The second-order valence-electron chi connectivity index (χ2n) is 5.31. The fourth-order valence-electron chi connectivity index (χ4n) is 2.16. The van der Waals surface area contributed by atoms with Crippen molar-refractivity contribution in [2.75, 3.05) is 13.1 Å². The van der Waals surface area contributed by atoms with Crippen LogP contribution in [0.1, 0.15) is 42.9 Å². The van der Waals surface area contributed by atoms with Crippen LogP contribution in [0.3, 0.4) is 0 Å². The van der Waals surface area contributed by atoms with Crippen LogP contribution >= 0.6 is 11.3 Å². The van der Waals surface area contributed by atoms with Crippen LogP contribution in [-0.2, 0) is 6.42 Å². The van der Waals surface area contributed by atoms with Crippen LogP contribution in [-0.4, -0.2) is 13.1 Å². The van der Waals surface area contributed by atoms with Crippen molar-refractivity contribution in [1.82, 2.24) is 5.32 Å². The van der Waals surface area contributed by atoms with E-state index in [4.69, 9.17) is 0 Å². The third-order valence-corrected chi connectivity index (χ3v) is 4.64. The smallest absolute Gasteiger partial charge is 0.00825 e. The van der Waals surface area contributed by atoms with Gasteiger partial charge in [-0.3, -0.25) is 0 Å². The predicted octanol–water partition coefficient (Wildman–Crippen LogP) is 3.66. The van der Waals surface area contributed by atoms with E-state index < -0.39 is 0 Å². The summed E-state index contributed by atoms with van der Waals surface area (Å²) in [5.74, 6) is 2.54. The standard InChI is InChI=1S/C14H23NS/c1-4-12-5-6-14(16-12)13-7-11(13)9-15-8-10(2)3/h5-6,10-11,13,15H,4,7-9H2,1-3H3. The van der Waals surface area contributed by atoms with Crippen molar-refractivity contribution in [3.8, 4) is 0 Å². The van der Waals surface area contributed by atoms with Crippen molar-refractivity contribution in [3.05, 3.63) is 21.9 Å². The Morgan fingerprint density at radius 3 is 2.88 bits per heavy atom. The second-order valence-corrected chi connectivity index (χ2v) is 6.51. The number of hydrogen-bond acceptors (Lipinski definition) is 2. The van der Waals surface area contributed by atoms with Gasteiger partial charge in [-0.05, 0) is 55.8 Å². The van der Waals surface area contributed by atoms with E-state index >= 15 is 0 Å². The molecule has 1 heterocycles. The molecular weight excluding hydrogens is 214 g/mol. The first-order valence-corrected chi connectivity index (χ1v) is 7.31. The molecule has 1 aliphatic carbocycles. The van der Waals surface area contributed by atoms with Crippen molar-refractivity contribution in [3.63, 3.8) is 0 Å². The summed E-state index contributed by atoms with van der Waals surface area (Å²) in [5.41, 5.74) is 0. The van der Waals surface area contributed by atoms with Gasteiger partial charge in [0.25, 0.3) is 0 Å². The quantitative estimate of drug-likeness (QED) is 0.796. The molecule has 16 heavy (non-hydrogen) atoms. The third-order valence-electron chi connectivity index (χ3n) is 3.28. The van der Waals surface area contributed by atoms with E-state index in [1.807, 2.05) is 11.3 Å². The first-order valence-electron chi connectivity index (χ1n) is 6.50. The SMILES string of the molecule is CCc1ccc(C2CC2CNCC(C)C)s1. The summed E-state index contributed by atoms with van der Waals surface area (Å²) >= 11 is 2.02. The molecule has 1 aromatic heterocycles. The van der Waals surface area contributed by atoms with Crippen molar-refractivity contribution in [1.29, 1.82) is 0 Å². The van der Waals surface area contributed by atoms with Gasteiger partial charge in [-0.15, -0.1) is 11.3 Å². The van der Waals surface area contributed by atoms with Gasteiger partial charge in [0, 0.05) is 9.75 Å². The molecule has 0 aliphatic heterocycles. The van der Waals surface area contributed by atoms with Gasteiger partial charge in [-0.1, -0.05) is 20.8 Å². The Balaban J connectivity index is 1.74. The van der Waals surface area contributed by atoms with Crippen molar-refractivity contribution in [2.24, 2.45) is 11.8 Å². The summed E-state index contributed by atoms with van der Waals surface area (Å²) in [6.45, 7) is 9.15. The highest BCUT2D eigenvalue weighted by molar-refractivity contribution is 7.12. The van der Waals surface area contributed by atoms with Gasteiger partial charge in [-0.25, -0.2) is 0 Å². The molecule has 1 fully saturated rings.